The molecule has 0 spiro atoms. The summed E-state index contributed by atoms with van der Waals surface area (Å²) in [5, 5.41) is 4.10. The quantitative estimate of drug-likeness (QED) is 0.643. The first-order valence-corrected chi connectivity index (χ1v) is 10.1. The lowest BCUT2D eigenvalue weighted by molar-refractivity contribution is -0.131. The number of nitrogens with zero attached hydrogens (tertiary/aromatic N) is 6. The SMILES string of the molecule is Cc1noc(-c2cnc(N(C)C)nc2[C@@H]2CCCN2C(=O)Cc2ccccn2)c1C. The van der Waals surface area contributed by atoms with Gasteiger partial charge < -0.3 is 14.3 Å². The van der Waals surface area contributed by atoms with E-state index in [4.69, 9.17) is 9.51 Å². The van der Waals surface area contributed by atoms with Crippen LogP contribution in [0.5, 0.6) is 0 Å². The number of carbonyl (C=O) groups excluding carboxylic acids is 1. The van der Waals surface area contributed by atoms with E-state index in [-0.39, 0.29) is 18.4 Å². The van der Waals surface area contributed by atoms with Crippen molar-refractivity contribution in [3.63, 3.8) is 0 Å². The lowest BCUT2D eigenvalue weighted by Gasteiger charge is -2.26. The minimum atomic E-state index is -0.136. The highest BCUT2D eigenvalue weighted by molar-refractivity contribution is 5.79. The van der Waals surface area contributed by atoms with Gasteiger partial charge in [0.25, 0.3) is 0 Å². The maximum atomic E-state index is 13.1. The largest absolute Gasteiger partial charge is 0.356 e. The Morgan fingerprint density at radius 3 is 2.77 bits per heavy atom. The van der Waals surface area contributed by atoms with Crippen LogP contribution < -0.4 is 4.90 Å². The van der Waals surface area contributed by atoms with Gasteiger partial charge in [0.1, 0.15) is 0 Å². The maximum Gasteiger partial charge on any atom is 0.229 e. The van der Waals surface area contributed by atoms with E-state index in [0.717, 1.165) is 41.1 Å². The highest BCUT2D eigenvalue weighted by Gasteiger charge is 2.34. The van der Waals surface area contributed by atoms with Gasteiger partial charge in [-0.1, -0.05) is 11.2 Å². The molecule has 0 bridgehead atoms. The van der Waals surface area contributed by atoms with Crippen LogP contribution in [0.1, 0.15) is 41.5 Å². The number of amides is 1. The molecule has 4 rings (SSSR count). The van der Waals surface area contributed by atoms with Crippen molar-refractivity contribution in [2.24, 2.45) is 0 Å². The van der Waals surface area contributed by atoms with Crippen molar-refractivity contribution in [2.45, 2.75) is 39.2 Å². The Hall–Kier alpha value is -3.29. The Kier molecular flexibility index (Phi) is 5.48. The summed E-state index contributed by atoms with van der Waals surface area (Å²) in [5.74, 6) is 1.32. The topological polar surface area (TPSA) is 88.3 Å². The van der Waals surface area contributed by atoms with Crippen LogP contribution in [0.2, 0.25) is 0 Å². The molecular weight excluding hydrogens is 380 g/mol. The van der Waals surface area contributed by atoms with E-state index in [9.17, 15) is 4.79 Å². The van der Waals surface area contributed by atoms with Crippen molar-refractivity contribution in [2.75, 3.05) is 25.5 Å². The third kappa shape index (κ3) is 3.77. The van der Waals surface area contributed by atoms with Gasteiger partial charge in [0.2, 0.25) is 11.9 Å². The summed E-state index contributed by atoms with van der Waals surface area (Å²) < 4.78 is 5.62. The van der Waals surface area contributed by atoms with Gasteiger partial charge in [-0.3, -0.25) is 9.78 Å². The first-order chi connectivity index (χ1) is 14.5. The van der Waals surface area contributed by atoms with Crippen LogP contribution in [0.4, 0.5) is 5.95 Å². The number of likely N-dealkylation sites (tertiary alicyclic amines) is 1. The fraction of sp³-hybridized carbons (Fsp3) is 0.409. The Morgan fingerprint density at radius 1 is 1.27 bits per heavy atom. The Bertz CT molecular complexity index is 1050. The van der Waals surface area contributed by atoms with Crippen LogP contribution in [-0.4, -0.2) is 51.6 Å². The average molecular weight is 406 g/mol. The first kappa shape index (κ1) is 20.0. The molecule has 1 amide bonds. The summed E-state index contributed by atoms with van der Waals surface area (Å²) in [6.07, 6.45) is 5.54. The molecule has 156 valence electrons. The summed E-state index contributed by atoms with van der Waals surface area (Å²) in [6.45, 7) is 4.59. The summed E-state index contributed by atoms with van der Waals surface area (Å²) in [4.78, 5) is 30.5. The number of pyridine rings is 1. The van der Waals surface area contributed by atoms with E-state index in [1.54, 1.807) is 12.4 Å². The monoisotopic (exact) mass is 406 g/mol. The summed E-state index contributed by atoms with van der Waals surface area (Å²) in [6, 6.07) is 5.49. The lowest BCUT2D eigenvalue weighted by atomic mass is 10.0. The van der Waals surface area contributed by atoms with E-state index < -0.39 is 0 Å². The summed E-state index contributed by atoms with van der Waals surface area (Å²) >= 11 is 0. The molecule has 4 heterocycles. The van der Waals surface area contributed by atoms with Crippen LogP contribution >= 0.6 is 0 Å². The third-order valence-corrected chi connectivity index (χ3v) is 5.55. The minimum absolute atomic E-state index is 0.0534. The number of hydrogen-bond acceptors (Lipinski definition) is 7. The molecule has 0 aliphatic carbocycles. The number of aryl methyl sites for hydroxylation is 1. The molecule has 0 aromatic carbocycles. The normalized spacial score (nSPS) is 16.1. The van der Waals surface area contributed by atoms with Crippen LogP contribution in [0, 0.1) is 13.8 Å². The molecule has 30 heavy (non-hydrogen) atoms. The predicted octanol–water partition coefficient (Wildman–Crippen LogP) is 3.12. The molecule has 1 aliphatic rings. The Balaban J connectivity index is 1.72. The number of carbonyl (C=O) groups is 1. The van der Waals surface area contributed by atoms with E-state index >= 15 is 0 Å². The van der Waals surface area contributed by atoms with Gasteiger partial charge in [0, 0.05) is 44.3 Å². The van der Waals surface area contributed by atoms with E-state index in [2.05, 4.69) is 15.1 Å². The number of rotatable bonds is 5. The van der Waals surface area contributed by atoms with Crippen molar-refractivity contribution < 1.29 is 9.32 Å². The molecular formula is C22H26N6O2. The molecule has 1 aliphatic heterocycles. The zero-order chi connectivity index (χ0) is 21.3. The highest BCUT2D eigenvalue weighted by Crippen LogP contribution is 2.38. The number of hydrogen-bond donors (Lipinski definition) is 0. The summed E-state index contributed by atoms with van der Waals surface area (Å²) in [7, 11) is 3.81. The van der Waals surface area contributed by atoms with Gasteiger partial charge in [-0.25, -0.2) is 9.97 Å². The first-order valence-electron chi connectivity index (χ1n) is 10.1. The molecule has 3 aromatic heterocycles. The van der Waals surface area contributed by atoms with Crippen molar-refractivity contribution in [3.05, 3.63) is 53.2 Å². The van der Waals surface area contributed by atoms with Gasteiger partial charge >= 0.3 is 0 Å². The van der Waals surface area contributed by atoms with Crippen molar-refractivity contribution >= 4 is 11.9 Å². The second-order valence-electron chi connectivity index (χ2n) is 7.83. The number of anilines is 1. The minimum Gasteiger partial charge on any atom is -0.356 e. The fourth-order valence-corrected chi connectivity index (χ4v) is 3.80. The molecule has 8 nitrogen and oxygen atoms in total. The molecule has 0 N–H and O–H groups in total. The van der Waals surface area contributed by atoms with Crippen LogP contribution in [0.3, 0.4) is 0 Å². The van der Waals surface area contributed by atoms with Crippen LogP contribution in [-0.2, 0) is 11.2 Å². The van der Waals surface area contributed by atoms with E-state index in [1.807, 2.05) is 55.9 Å². The van der Waals surface area contributed by atoms with E-state index in [1.165, 1.54) is 0 Å². The summed E-state index contributed by atoms with van der Waals surface area (Å²) in [5.41, 5.74) is 4.16. The fourth-order valence-electron chi connectivity index (χ4n) is 3.80. The molecule has 1 atom stereocenters. The third-order valence-electron chi connectivity index (χ3n) is 5.55. The van der Waals surface area contributed by atoms with Crippen LogP contribution in [0.15, 0.2) is 35.1 Å². The van der Waals surface area contributed by atoms with Gasteiger partial charge in [0.05, 0.1) is 29.4 Å². The zero-order valence-corrected chi connectivity index (χ0v) is 17.8. The second-order valence-corrected chi connectivity index (χ2v) is 7.83. The highest BCUT2D eigenvalue weighted by atomic mass is 16.5. The van der Waals surface area contributed by atoms with Crippen LogP contribution in [0.25, 0.3) is 11.3 Å². The maximum absolute atomic E-state index is 13.1. The van der Waals surface area contributed by atoms with E-state index in [0.29, 0.717) is 18.3 Å². The van der Waals surface area contributed by atoms with Crippen molar-refractivity contribution in [1.82, 2.24) is 25.0 Å². The molecule has 1 saturated heterocycles. The Morgan fingerprint density at radius 2 is 2.10 bits per heavy atom. The predicted molar refractivity (Wildman–Crippen MR) is 113 cm³/mol. The van der Waals surface area contributed by atoms with Gasteiger partial charge in [-0.05, 0) is 38.8 Å². The van der Waals surface area contributed by atoms with Crippen molar-refractivity contribution in [3.8, 4) is 11.3 Å². The molecule has 8 heteroatoms. The molecule has 0 unspecified atom stereocenters. The molecule has 3 aromatic rings. The van der Waals surface area contributed by atoms with Gasteiger partial charge in [0.15, 0.2) is 5.76 Å². The smallest absolute Gasteiger partial charge is 0.229 e. The lowest BCUT2D eigenvalue weighted by Crippen LogP contribution is -2.33. The standard InChI is InChI=1S/C22H26N6O2/c1-14-15(2)26-30-21(14)17-13-24-22(27(3)4)25-20(17)18-9-7-11-28(18)19(29)12-16-8-5-6-10-23-16/h5-6,8,10,13,18H,7,9,11-12H2,1-4H3/t18-/m0/s1. The average Bonchev–Trinajstić information content (AvgIpc) is 3.36. The Labute approximate surface area is 175 Å². The van der Waals surface area contributed by atoms with Gasteiger partial charge in [-0.2, -0.15) is 0 Å². The number of aromatic nitrogens is 4. The second kappa shape index (κ2) is 8.22. The molecule has 0 saturated carbocycles. The zero-order valence-electron chi connectivity index (χ0n) is 17.8. The molecule has 0 radical (unpaired) electrons. The molecule has 1 fully saturated rings. The van der Waals surface area contributed by atoms with Gasteiger partial charge in [-0.15, -0.1) is 0 Å². The van der Waals surface area contributed by atoms with Crippen molar-refractivity contribution in [1.29, 1.82) is 0 Å².